The summed E-state index contributed by atoms with van der Waals surface area (Å²) >= 11 is 0. The van der Waals surface area contributed by atoms with E-state index in [1.807, 2.05) is 25.1 Å². The quantitative estimate of drug-likeness (QED) is 0.656. The predicted molar refractivity (Wildman–Crippen MR) is 99.1 cm³/mol. The molecule has 0 aliphatic carbocycles. The molecule has 0 fully saturated rings. The molecule has 0 radical (unpaired) electrons. The van der Waals surface area contributed by atoms with Crippen LogP contribution in [0.25, 0.3) is 10.9 Å². The zero-order valence-electron chi connectivity index (χ0n) is 14.0. The van der Waals surface area contributed by atoms with E-state index in [1.54, 1.807) is 30.3 Å². The van der Waals surface area contributed by atoms with Crippen molar-refractivity contribution >= 4 is 32.5 Å². The van der Waals surface area contributed by atoms with Crippen LogP contribution < -0.4 is 10.0 Å². The summed E-state index contributed by atoms with van der Waals surface area (Å²) in [5.41, 5.74) is 3.63. The third-order valence-corrected chi connectivity index (χ3v) is 4.36. The lowest BCUT2D eigenvalue weighted by molar-refractivity contribution is 0.0947. The maximum Gasteiger partial charge on any atom is 0.267 e. The first-order valence-corrected chi connectivity index (χ1v) is 9.64. The number of carbonyl (C=O) groups is 1. The lowest BCUT2D eigenvalue weighted by atomic mass is 10.2. The zero-order chi connectivity index (χ0) is 18.0. The molecule has 2 aromatic carbocycles. The van der Waals surface area contributed by atoms with Gasteiger partial charge in [0.15, 0.2) is 0 Å². The second kappa shape index (κ2) is 6.60. The van der Waals surface area contributed by atoms with Gasteiger partial charge in [-0.1, -0.05) is 29.8 Å². The van der Waals surface area contributed by atoms with Gasteiger partial charge in [0.2, 0.25) is 10.0 Å². The van der Waals surface area contributed by atoms with Crippen molar-refractivity contribution in [1.29, 1.82) is 0 Å². The van der Waals surface area contributed by atoms with E-state index in [0.29, 0.717) is 16.9 Å². The maximum atomic E-state index is 12.4. The van der Waals surface area contributed by atoms with E-state index < -0.39 is 10.0 Å². The largest absolute Gasteiger partial charge is 0.351 e. The maximum absolute atomic E-state index is 12.4. The number of carbonyl (C=O) groups excluding carboxylic acids is 1. The monoisotopic (exact) mass is 357 g/mol. The summed E-state index contributed by atoms with van der Waals surface area (Å²) in [6.45, 7) is 2.21. The summed E-state index contributed by atoms with van der Waals surface area (Å²) in [7, 11) is -3.38. The number of hydrogen-bond donors (Lipinski definition) is 3. The summed E-state index contributed by atoms with van der Waals surface area (Å²) in [4.78, 5) is 15.5. The van der Waals surface area contributed by atoms with Gasteiger partial charge in [0.05, 0.1) is 11.9 Å². The molecule has 7 heteroatoms. The average molecular weight is 357 g/mol. The number of sulfonamides is 1. The van der Waals surface area contributed by atoms with E-state index in [4.69, 9.17) is 0 Å². The Labute approximate surface area is 146 Å². The Morgan fingerprint density at radius 3 is 2.64 bits per heavy atom. The van der Waals surface area contributed by atoms with Gasteiger partial charge in [-0.25, -0.2) is 8.42 Å². The second-order valence-corrected chi connectivity index (χ2v) is 7.74. The van der Waals surface area contributed by atoms with Gasteiger partial charge in [-0.2, -0.15) is 0 Å². The fraction of sp³-hybridized carbons (Fsp3) is 0.167. The third-order valence-electron chi connectivity index (χ3n) is 3.77. The second-order valence-electron chi connectivity index (χ2n) is 5.99. The number of amides is 1. The normalized spacial score (nSPS) is 11.4. The molecule has 3 rings (SSSR count). The Hall–Kier alpha value is -2.80. The predicted octanol–water partition coefficient (Wildman–Crippen LogP) is 2.78. The summed E-state index contributed by atoms with van der Waals surface area (Å²) < 4.78 is 25.3. The fourth-order valence-electron chi connectivity index (χ4n) is 2.62. The number of H-pyrrole nitrogens is 1. The van der Waals surface area contributed by atoms with Gasteiger partial charge in [0.1, 0.15) is 5.69 Å². The molecular weight excluding hydrogens is 338 g/mol. The summed E-state index contributed by atoms with van der Waals surface area (Å²) in [5.74, 6) is -0.247. The van der Waals surface area contributed by atoms with Gasteiger partial charge >= 0.3 is 0 Å². The van der Waals surface area contributed by atoms with Crippen LogP contribution in [0, 0.1) is 6.92 Å². The highest BCUT2D eigenvalue weighted by atomic mass is 32.2. The smallest absolute Gasteiger partial charge is 0.267 e. The third kappa shape index (κ3) is 4.19. The molecular formula is C18H19N3O3S. The molecule has 25 heavy (non-hydrogen) atoms. The molecule has 3 aromatic rings. The topological polar surface area (TPSA) is 91.1 Å². The first-order chi connectivity index (χ1) is 11.8. The number of rotatable bonds is 5. The molecule has 3 N–H and O–H groups in total. The molecule has 0 bridgehead atoms. The fourth-order valence-corrected chi connectivity index (χ4v) is 3.22. The van der Waals surface area contributed by atoms with Crippen LogP contribution in [0.4, 0.5) is 5.69 Å². The Morgan fingerprint density at radius 1 is 1.12 bits per heavy atom. The minimum Gasteiger partial charge on any atom is -0.351 e. The Morgan fingerprint density at radius 2 is 1.88 bits per heavy atom. The number of aromatic amines is 1. The molecule has 0 unspecified atom stereocenters. The standard InChI is InChI=1S/C18H19N3O3S/c1-12-7-8-15-14(9-12)10-17(20-15)18(22)19-11-13-5-3-4-6-16(13)21-25(2,23)24/h3-10,20-21H,11H2,1-2H3,(H,19,22). The first-order valence-electron chi connectivity index (χ1n) is 7.75. The highest BCUT2D eigenvalue weighted by molar-refractivity contribution is 7.92. The van der Waals surface area contributed by atoms with Crippen molar-refractivity contribution in [2.45, 2.75) is 13.5 Å². The molecule has 6 nitrogen and oxygen atoms in total. The Kier molecular flexibility index (Phi) is 4.50. The number of aromatic nitrogens is 1. The minimum absolute atomic E-state index is 0.214. The van der Waals surface area contributed by atoms with Crippen LogP contribution >= 0.6 is 0 Å². The van der Waals surface area contributed by atoms with E-state index in [1.165, 1.54) is 0 Å². The van der Waals surface area contributed by atoms with Crippen LogP contribution in [0.1, 0.15) is 21.6 Å². The van der Waals surface area contributed by atoms with Gasteiger partial charge in [0.25, 0.3) is 5.91 Å². The number of hydrogen-bond acceptors (Lipinski definition) is 3. The number of aryl methyl sites for hydroxylation is 1. The molecule has 0 spiro atoms. The van der Waals surface area contributed by atoms with Gasteiger partial charge in [-0.15, -0.1) is 0 Å². The van der Waals surface area contributed by atoms with Crippen molar-refractivity contribution in [3.63, 3.8) is 0 Å². The van der Waals surface area contributed by atoms with Crippen molar-refractivity contribution in [3.8, 4) is 0 Å². The van der Waals surface area contributed by atoms with Crippen LogP contribution in [-0.2, 0) is 16.6 Å². The molecule has 0 atom stereocenters. The number of nitrogens with one attached hydrogen (secondary N) is 3. The van der Waals surface area contributed by atoms with Crippen LogP contribution in [0.5, 0.6) is 0 Å². The number of fused-ring (bicyclic) bond motifs is 1. The van der Waals surface area contributed by atoms with Crippen LogP contribution in [-0.4, -0.2) is 25.6 Å². The molecule has 1 aromatic heterocycles. The van der Waals surface area contributed by atoms with Crippen LogP contribution in [0.2, 0.25) is 0 Å². The molecule has 0 saturated carbocycles. The van der Waals surface area contributed by atoms with Crippen molar-refractivity contribution in [3.05, 3.63) is 65.4 Å². The zero-order valence-corrected chi connectivity index (χ0v) is 14.8. The van der Waals surface area contributed by atoms with Crippen molar-refractivity contribution < 1.29 is 13.2 Å². The van der Waals surface area contributed by atoms with E-state index in [2.05, 4.69) is 15.0 Å². The van der Waals surface area contributed by atoms with Crippen molar-refractivity contribution in [1.82, 2.24) is 10.3 Å². The molecule has 0 aliphatic heterocycles. The van der Waals surface area contributed by atoms with Gasteiger partial charge in [-0.05, 0) is 36.8 Å². The molecule has 0 aliphatic rings. The highest BCUT2D eigenvalue weighted by Gasteiger charge is 2.11. The summed E-state index contributed by atoms with van der Waals surface area (Å²) in [5, 5.41) is 3.79. The Bertz CT molecular complexity index is 1040. The van der Waals surface area contributed by atoms with Gasteiger partial charge < -0.3 is 10.3 Å². The number of anilines is 1. The van der Waals surface area contributed by atoms with Gasteiger partial charge in [-0.3, -0.25) is 9.52 Å². The van der Waals surface area contributed by atoms with Crippen molar-refractivity contribution in [2.75, 3.05) is 11.0 Å². The lowest BCUT2D eigenvalue weighted by Gasteiger charge is -2.11. The Balaban J connectivity index is 1.76. The number of para-hydroxylation sites is 1. The first kappa shape index (κ1) is 17.0. The lowest BCUT2D eigenvalue weighted by Crippen LogP contribution is -2.24. The van der Waals surface area contributed by atoms with Gasteiger partial charge in [0, 0.05) is 17.4 Å². The van der Waals surface area contributed by atoms with Crippen LogP contribution in [0.15, 0.2) is 48.5 Å². The van der Waals surface area contributed by atoms with E-state index in [-0.39, 0.29) is 12.5 Å². The van der Waals surface area contributed by atoms with E-state index in [9.17, 15) is 13.2 Å². The molecule has 130 valence electrons. The molecule has 1 heterocycles. The van der Waals surface area contributed by atoms with Crippen molar-refractivity contribution in [2.24, 2.45) is 0 Å². The van der Waals surface area contributed by atoms with E-state index >= 15 is 0 Å². The van der Waals surface area contributed by atoms with Crippen LogP contribution in [0.3, 0.4) is 0 Å². The molecule has 1 amide bonds. The highest BCUT2D eigenvalue weighted by Crippen LogP contribution is 2.18. The SMILES string of the molecule is Cc1ccc2[nH]c(C(=O)NCc3ccccc3NS(C)(=O)=O)cc2c1. The molecule has 0 saturated heterocycles. The minimum atomic E-state index is -3.38. The number of benzene rings is 2. The van der Waals surface area contributed by atoms with E-state index in [0.717, 1.165) is 22.7 Å². The summed E-state index contributed by atoms with van der Waals surface area (Å²) in [6.07, 6.45) is 1.09. The summed E-state index contributed by atoms with van der Waals surface area (Å²) in [6, 6.07) is 14.7. The average Bonchev–Trinajstić information content (AvgIpc) is 2.95.